The SMILES string of the molecule is Cc1ccc(-n2nc(C(C)(C)C)cc2NC(=O)Nc2ccccc2CC2CCN(S(=O)(=O)C3=COC=C(C4=CC=CCC4)O3)CC2)cc1. The molecule has 3 aliphatic rings. The largest absolute Gasteiger partial charge is 0.464 e. The number of benzene rings is 2. The number of rotatable bonds is 8. The van der Waals surface area contributed by atoms with Gasteiger partial charge >= 0.3 is 6.03 Å². The molecule has 2 amide bonds. The molecule has 1 saturated heterocycles. The van der Waals surface area contributed by atoms with Crippen LogP contribution in [0.4, 0.5) is 16.3 Å². The van der Waals surface area contributed by atoms with Gasteiger partial charge in [-0.1, -0.05) is 74.9 Å². The molecule has 3 aromatic rings. The lowest BCUT2D eigenvalue weighted by molar-refractivity contribution is 0.233. The summed E-state index contributed by atoms with van der Waals surface area (Å²) < 4.78 is 41.4. The molecule has 11 heteroatoms. The predicted octanol–water partition coefficient (Wildman–Crippen LogP) is 7.67. The lowest BCUT2D eigenvalue weighted by atomic mass is 9.90. The summed E-state index contributed by atoms with van der Waals surface area (Å²) in [5, 5.41) is 10.7. The Bertz CT molecular complexity index is 1890. The molecule has 2 N–H and O–H groups in total. The van der Waals surface area contributed by atoms with Gasteiger partial charge in [0.1, 0.15) is 18.3 Å². The van der Waals surface area contributed by atoms with Gasteiger partial charge in [-0.2, -0.15) is 9.40 Å². The lowest BCUT2D eigenvalue weighted by Crippen LogP contribution is -2.40. The number of carbonyl (C=O) groups is 1. The Morgan fingerprint density at radius 1 is 1.02 bits per heavy atom. The zero-order chi connectivity index (χ0) is 33.9. The van der Waals surface area contributed by atoms with E-state index in [4.69, 9.17) is 14.6 Å². The van der Waals surface area contributed by atoms with Crippen molar-refractivity contribution in [3.8, 4) is 5.69 Å². The van der Waals surface area contributed by atoms with E-state index in [0.717, 1.165) is 47.2 Å². The summed E-state index contributed by atoms with van der Waals surface area (Å²) in [4.78, 5) is 13.4. The molecular weight excluding hydrogens is 627 g/mol. The van der Waals surface area contributed by atoms with Crippen molar-refractivity contribution in [1.29, 1.82) is 0 Å². The van der Waals surface area contributed by atoms with Crippen molar-refractivity contribution in [3.63, 3.8) is 0 Å². The number of anilines is 2. The molecule has 1 aliphatic carbocycles. The van der Waals surface area contributed by atoms with Gasteiger partial charge in [-0.15, -0.1) is 0 Å². The monoisotopic (exact) mass is 669 g/mol. The highest BCUT2D eigenvalue weighted by Crippen LogP contribution is 2.33. The van der Waals surface area contributed by atoms with Gasteiger partial charge in [0.2, 0.25) is 0 Å². The molecule has 48 heavy (non-hydrogen) atoms. The number of nitrogens with zero attached hydrogens (tertiary/aromatic N) is 3. The Hall–Kier alpha value is -4.61. The molecular formula is C37H43N5O5S. The molecule has 252 valence electrons. The fraction of sp³-hybridized carbons (Fsp3) is 0.351. The number of urea groups is 1. The van der Waals surface area contributed by atoms with Crippen molar-refractivity contribution < 1.29 is 22.7 Å². The van der Waals surface area contributed by atoms with Crippen LogP contribution < -0.4 is 10.6 Å². The normalized spacial score (nSPS) is 17.5. The van der Waals surface area contributed by atoms with Crippen LogP contribution in [0.25, 0.3) is 5.69 Å². The summed E-state index contributed by atoms with van der Waals surface area (Å²) >= 11 is 0. The second-order valence-electron chi connectivity index (χ2n) is 13.5. The van der Waals surface area contributed by atoms with Gasteiger partial charge in [0.05, 0.1) is 11.4 Å². The number of nitrogens with one attached hydrogen (secondary N) is 2. The third-order valence-corrected chi connectivity index (χ3v) is 10.6. The van der Waals surface area contributed by atoms with Crippen molar-refractivity contribution >= 4 is 27.6 Å². The lowest BCUT2D eigenvalue weighted by Gasteiger charge is -2.32. The summed E-state index contributed by atoms with van der Waals surface area (Å²) in [6.45, 7) is 9.03. The number of piperidine rings is 1. The molecule has 2 aromatic carbocycles. The number of amides is 2. The number of allylic oxidation sites excluding steroid dienone is 4. The van der Waals surface area contributed by atoms with Crippen LogP contribution >= 0.6 is 0 Å². The van der Waals surface area contributed by atoms with E-state index in [1.54, 1.807) is 4.68 Å². The van der Waals surface area contributed by atoms with E-state index < -0.39 is 10.0 Å². The number of hydrogen-bond donors (Lipinski definition) is 2. The molecule has 0 spiro atoms. The molecule has 0 saturated carbocycles. The van der Waals surface area contributed by atoms with Gasteiger partial charge in [-0.25, -0.2) is 17.9 Å². The minimum Gasteiger partial charge on any atom is -0.464 e. The van der Waals surface area contributed by atoms with Crippen molar-refractivity contribution in [1.82, 2.24) is 14.1 Å². The number of aryl methyl sites for hydroxylation is 1. The van der Waals surface area contributed by atoms with Gasteiger partial charge in [0, 0.05) is 30.3 Å². The maximum absolute atomic E-state index is 13.5. The van der Waals surface area contributed by atoms with Crippen LogP contribution in [-0.4, -0.2) is 41.6 Å². The Balaban J connectivity index is 1.08. The van der Waals surface area contributed by atoms with Gasteiger partial charge in [0.25, 0.3) is 15.1 Å². The van der Waals surface area contributed by atoms with Crippen LogP contribution in [0.15, 0.2) is 102 Å². The van der Waals surface area contributed by atoms with E-state index in [0.29, 0.717) is 49.6 Å². The fourth-order valence-electron chi connectivity index (χ4n) is 5.97. The first kappa shape index (κ1) is 33.3. The average molecular weight is 670 g/mol. The fourth-order valence-corrected chi connectivity index (χ4v) is 7.29. The summed E-state index contributed by atoms with van der Waals surface area (Å²) in [5.74, 6) is 1.24. The van der Waals surface area contributed by atoms with Gasteiger partial charge in [-0.3, -0.25) is 5.32 Å². The van der Waals surface area contributed by atoms with E-state index in [2.05, 4.69) is 37.5 Å². The van der Waals surface area contributed by atoms with E-state index in [9.17, 15) is 13.2 Å². The molecule has 0 atom stereocenters. The average Bonchev–Trinajstić information content (AvgIpc) is 3.51. The number of carbonyl (C=O) groups excluding carboxylic acids is 1. The van der Waals surface area contributed by atoms with E-state index in [1.165, 1.54) is 10.6 Å². The van der Waals surface area contributed by atoms with Gasteiger partial charge < -0.3 is 14.8 Å². The summed E-state index contributed by atoms with van der Waals surface area (Å²) in [5.41, 5.74) is 5.27. The van der Waals surface area contributed by atoms with Crippen molar-refractivity contribution in [2.45, 2.75) is 65.2 Å². The standard InChI is InChI=1S/C37H43N5O5S/c1-26-14-16-30(17-15-26)42-34(23-33(40-42)37(2,3)4)39-36(43)38-31-13-9-8-12-29(31)22-27-18-20-41(21-19-27)48(44,45)35-25-46-24-32(47-35)28-10-6-5-7-11-28/h5-6,8-10,12-17,23-25,27H,7,11,18-22H2,1-4H3,(H2,38,39,43). The molecule has 2 aliphatic heterocycles. The minimum atomic E-state index is -3.85. The molecule has 10 nitrogen and oxygen atoms in total. The van der Waals surface area contributed by atoms with Crippen molar-refractivity contribution in [3.05, 3.63) is 119 Å². The number of sulfonamides is 1. The molecule has 6 rings (SSSR count). The molecule has 3 heterocycles. The van der Waals surface area contributed by atoms with Crippen LogP contribution in [-0.2, 0) is 31.3 Å². The smallest absolute Gasteiger partial charge is 0.324 e. The first-order valence-corrected chi connectivity index (χ1v) is 17.8. The highest BCUT2D eigenvalue weighted by Gasteiger charge is 2.35. The Kier molecular flexibility index (Phi) is 9.61. The number of para-hydroxylation sites is 1. The van der Waals surface area contributed by atoms with Crippen molar-refractivity contribution in [2.24, 2.45) is 5.92 Å². The van der Waals surface area contributed by atoms with Crippen molar-refractivity contribution in [2.75, 3.05) is 23.7 Å². The molecule has 0 radical (unpaired) electrons. The van der Waals surface area contributed by atoms with E-state index in [1.807, 2.05) is 73.7 Å². The number of ether oxygens (including phenoxy) is 2. The molecule has 0 unspecified atom stereocenters. The second-order valence-corrected chi connectivity index (χ2v) is 15.4. The van der Waals surface area contributed by atoms with Crippen LogP contribution in [0.1, 0.15) is 63.3 Å². The van der Waals surface area contributed by atoms with Crippen LogP contribution in [0.2, 0.25) is 0 Å². The van der Waals surface area contributed by atoms with Crippen LogP contribution in [0.5, 0.6) is 0 Å². The Morgan fingerprint density at radius 2 is 1.77 bits per heavy atom. The molecule has 1 fully saturated rings. The quantitative estimate of drug-likeness (QED) is 0.255. The number of hydrogen-bond acceptors (Lipinski definition) is 6. The third-order valence-electron chi connectivity index (χ3n) is 8.82. The third kappa shape index (κ3) is 7.58. The topological polar surface area (TPSA) is 115 Å². The molecule has 1 aromatic heterocycles. The number of aromatic nitrogens is 2. The van der Waals surface area contributed by atoms with Crippen LogP contribution in [0.3, 0.4) is 0 Å². The second kappa shape index (κ2) is 13.9. The van der Waals surface area contributed by atoms with Gasteiger partial charge in [-0.05, 0) is 74.3 Å². The van der Waals surface area contributed by atoms with E-state index in [-0.39, 0.29) is 22.5 Å². The first-order chi connectivity index (χ1) is 23.0. The predicted molar refractivity (Wildman–Crippen MR) is 188 cm³/mol. The summed E-state index contributed by atoms with van der Waals surface area (Å²) in [6.07, 6.45) is 12.2. The minimum absolute atomic E-state index is 0.187. The zero-order valence-electron chi connectivity index (χ0n) is 27.9. The van der Waals surface area contributed by atoms with Gasteiger partial charge in [0.15, 0.2) is 5.76 Å². The highest BCUT2D eigenvalue weighted by molar-refractivity contribution is 7.92. The summed E-state index contributed by atoms with van der Waals surface area (Å²) in [7, 11) is -3.85. The molecule has 0 bridgehead atoms. The maximum atomic E-state index is 13.5. The zero-order valence-corrected chi connectivity index (χ0v) is 28.7. The maximum Gasteiger partial charge on any atom is 0.324 e. The summed E-state index contributed by atoms with van der Waals surface area (Å²) in [6, 6.07) is 17.3. The Morgan fingerprint density at radius 3 is 2.48 bits per heavy atom. The van der Waals surface area contributed by atoms with E-state index >= 15 is 0 Å². The van der Waals surface area contributed by atoms with Crippen LogP contribution in [0, 0.1) is 12.8 Å². The highest BCUT2D eigenvalue weighted by atomic mass is 32.2. The Labute approximate surface area is 282 Å². The first-order valence-electron chi connectivity index (χ1n) is 16.4.